The number of benzene rings is 2. The van der Waals surface area contributed by atoms with Gasteiger partial charge in [-0.2, -0.15) is 0 Å². The summed E-state index contributed by atoms with van der Waals surface area (Å²) in [6.45, 7) is 2.44. The summed E-state index contributed by atoms with van der Waals surface area (Å²) in [5, 5.41) is 1.49. The molecule has 4 heteroatoms. The highest BCUT2D eigenvalue weighted by Gasteiger charge is 2.15. The van der Waals surface area contributed by atoms with Crippen molar-refractivity contribution >= 4 is 31.5 Å². The Morgan fingerprint density at radius 1 is 1.05 bits per heavy atom. The highest BCUT2D eigenvalue weighted by Crippen LogP contribution is 2.39. The van der Waals surface area contributed by atoms with Crippen molar-refractivity contribution in [2.45, 2.75) is 13.3 Å². The first-order chi connectivity index (χ1) is 9.22. The number of hydrogen-bond donors (Lipinski definition) is 0. The quantitative estimate of drug-likeness (QED) is 0.646. The highest BCUT2D eigenvalue weighted by atomic mass is 32.1. The Kier molecular flexibility index (Phi) is 3.11. The van der Waals surface area contributed by atoms with Crippen LogP contribution in [0.1, 0.15) is 13.3 Å². The Morgan fingerprint density at radius 3 is 2.63 bits per heavy atom. The minimum Gasteiger partial charge on any atom is -0.490 e. The van der Waals surface area contributed by atoms with Gasteiger partial charge in [-0.25, -0.2) is 8.78 Å². The van der Waals surface area contributed by atoms with Gasteiger partial charge in [0.15, 0.2) is 11.6 Å². The van der Waals surface area contributed by atoms with Gasteiger partial charge in [0, 0.05) is 10.8 Å². The van der Waals surface area contributed by atoms with E-state index in [-0.39, 0.29) is 11.6 Å². The Bertz CT molecular complexity index is 749. The maximum absolute atomic E-state index is 14.3. The fourth-order valence-electron chi connectivity index (χ4n) is 2.10. The summed E-state index contributed by atoms with van der Waals surface area (Å²) < 4.78 is 34.3. The van der Waals surface area contributed by atoms with E-state index in [4.69, 9.17) is 4.74 Å². The van der Waals surface area contributed by atoms with Crippen LogP contribution in [-0.2, 0) is 0 Å². The molecule has 0 unspecified atom stereocenters. The molecule has 1 heterocycles. The second-order valence-corrected chi connectivity index (χ2v) is 5.34. The topological polar surface area (TPSA) is 9.23 Å². The van der Waals surface area contributed by atoms with E-state index in [1.54, 1.807) is 18.2 Å². The molecule has 98 valence electrons. The van der Waals surface area contributed by atoms with Gasteiger partial charge in [0.2, 0.25) is 0 Å². The van der Waals surface area contributed by atoms with Crippen molar-refractivity contribution < 1.29 is 13.5 Å². The monoisotopic (exact) mass is 278 g/mol. The average Bonchev–Trinajstić information content (AvgIpc) is 2.79. The molecule has 0 bridgehead atoms. The maximum Gasteiger partial charge on any atom is 0.182 e. The molecule has 3 aromatic rings. The van der Waals surface area contributed by atoms with Gasteiger partial charge in [0.1, 0.15) is 5.82 Å². The zero-order valence-electron chi connectivity index (χ0n) is 10.4. The number of fused-ring (bicyclic) bond motifs is 3. The molecule has 0 amide bonds. The third-order valence-corrected chi connectivity index (χ3v) is 4.21. The molecule has 1 nitrogen and oxygen atoms in total. The van der Waals surface area contributed by atoms with E-state index in [9.17, 15) is 8.78 Å². The van der Waals surface area contributed by atoms with E-state index >= 15 is 0 Å². The number of halogens is 2. The summed E-state index contributed by atoms with van der Waals surface area (Å²) in [6.07, 6.45) is 0.818. The molecule has 0 aliphatic rings. The van der Waals surface area contributed by atoms with E-state index in [0.29, 0.717) is 16.0 Å². The fraction of sp³-hybridized carbons (Fsp3) is 0.200. The summed E-state index contributed by atoms with van der Waals surface area (Å²) in [5.41, 5.74) is 0. The van der Waals surface area contributed by atoms with Crippen LogP contribution in [0.4, 0.5) is 8.78 Å². The lowest BCUT2D eigenvalue weighted by Crippen LogP contribution is -1.97. The fourth-order valence-corrected chi connectivity index (χ4v) is 3.24. The largest absolute Gasteiger partial charge is 0.490 e. The molecule has 1 aromatic heterocycles. The van der Waals surface area contributed by atoms with Gasteiger partial charge < -0.3 is 4.74 Å². The number of rotatable bonds is 3. The van der Waals surface area contributed by atoms with E-state index in [0.717, 1.165) is 28.5 Å². The molecule has 0 fully saturated rings. The van der Waals surface area contributed by atoms with Crippen molar-refractivity contribution in [2.75, 3.05) is 6.61 Å². The van der Waals surface area contributed by atoms with Gasteiger partial charge in [0.05, 0.1) is 16.0 Å². The van der Waals surface area contributed by atoms with Crippen molar-refractivity contribution in [1.29, 1.82) is 0 Å². The SMILES string of the molecule is CCCOc1ccc2c(sc3c(F)cccc32)c1F. The molecule has 3 rings (SSSR count). The lowest BCUT2D eigenvalue weighted by atomic mass is 10.1. The molecule has 0 spiro atoms. The van der Waals surface area contributed by atoms with Crippen molar-refractivity contribution in [3.63, 3.8) is 0 Å². The van der Waals surface area contributed by atoms with Gasteiger partial charge in [0.25, 0.3) is 0 Å². The van der Waals surface area contributed by atoms with Gasteiger partial charge in [-0.15, -0.1) is 11.3 Å². The molecule has 0 atom stereocenters. The summed E-state index contributed by atoms with van der Waals surface area (Å²) >= 11 is 1.13. The van der Waals surface area contributed by atoms with Crippen molar-refractivity contribution in [3.8, 4) is 5.75 Å². The molecule has 2 aromatic carbocycles. The number of thiophene rings is 1. The van der Waals surface area contributed by atoms with Crippen molar-refractivity contribution in [3.05, 3.63) is 42.0 Å². The van der Waals surface area contributed by atoms with Crippen LogP contribution in [0.2, 0.25) is 0 Å². The lowest BCUT2D eigenvalue weighted by Gasteiger charge is -2.05. The summed E-state index contributed by atoms with van der Waals surface area (Å²) in [5.74, 6) is -0.470. The van der Waals surface area contributed by atoms with Crippen LogP contribution in [0.5, 0.6) is 5.75 Å². The Balaban J connectivity index is 2.26. The standard InChI is InChI=1S/C15H12F2OS/c1-2-8-18-12-7-6-10-9-4-3-5-11(16)14(9)19-15(10)13(12)17/h3-7H,2,8H2,1H3. The smallest absolute Gasteiger partial charge is 0.182 e. The predicted octanol–water partition coefficient (Wildman–Crippen LogP) is 5.12. The van der Waals surface area contributed by atoms with Crippen molar-refractivity contribution in [1.82, 2.24) is 0 Å². The minimum absolute atomic E-state index is 0.237. The van der Waals surface area contributed by atoms with Gasteiger partial charge in [-0.3, -0.25) is 0 Å². The molecule has 19 heavy (non-hydrogen) atoms. The molecular weight excluding hydrogens is 266 g/mol. The van der Waals surface area contributed by atoms with Crippen LogP contribution >= 0.6 is 11.3 Å². The van der Waals surface area contributed by atoms with Crippen LogP contribution in [0, 0.1) is 11.6 Å². The first-order valence-electron chi connectivity index (χ1n) is 6.14. The van der Waals surface area contributed by atoms with Crippen LogP contribution in [-0.4, -0.2) is 6.61 Å². The highest BCUT2D eigenvalue weighted by molar-refractivity contribution is 7.25. The van der Waals surface area contributed by atoms with Gasteiger partial charge >= 0.3 is 0 Å². The predicted molar refractivity (Wildman–Crippen MR) is 75.0 cm³/mol. The van der Waals surface area contributed by atoms with Crippen LogP contribution in [0.25, 0.3) is 20.2 Å². The first-order valence-corrected chi connectivity index (χ1v) is 6.96. The molecule has 0 saturated carbocycles. The third kappa shape index (κ3) is 1.96. The van der Waals surface area contributed by atoms with Crippen LogP contribution in [0.3, 0.4) is 0 Å². The van der Waals surface area contributed by atoms with Crippen molar-refractivity contribution in [2.24, 2.45) is 0 Å². The summed E-state index contributed by atoms with van der Waals surface area (Å²) in [4.78, 5) is 0. The number of ether oxygens (including phenoxy) is 1. The first kappa shape index (κ1) is 12.4. The average molecular weight is 278 g/mol. The second-order valence-electron chi connectivity index (χ2n) is 4.32. The molecule has 0 radical (unpaired) electrons. The molecule has 0 saturated heterocycles. The van der Waals surface area contributed by atoms with E-state index in [1.165, 1.54) is 6.07 Å². The zero-order chi connectivity index (χ0) is 13.4. The Morgan fingerprint density at radius 2 is 1.84 bits per heavy atom. The maximum atomic E-state index is 14.3. The van der Waals surface area contributed by atoms with Gasteiger partial charge in [-0.1, -0.05) is 19.1 Å². The van der Waals surface area contributed by atoms with Gasteiger partial charge in [-0.05, 0) is 24.6 Å². The van der Waals surface area contributed by atoms with Crippen LogP contribution < -0.4 is 4.74 Å². The van der Waals surface area contributed by atoms with E-state index in [2.05, 4.69) is 0 Å². The molecule has 0 aliphatic heterocycles. The minimum atomic E-state index is -0.397. The van der Waals surface area contributed by atoms with Crippen LogP contribution in [0.15, 0.2) is 30.3 Å². The number of hydrogen-bond acceptors (Lipinski definition) is 2. The zero-order valence-corrected chi connectivity index (χ0v) is 11.2. The van der Waals surface area contributed by atoms with E-state index < -0.39 is 5.82 Å². The second kappa shape index (κ2) is 4.78. The normalized spacial score (nSPS) is 11.3. The Hall–Kier alpha value is -1.68. The van der Waals surface area contributed by atoms with E-state index in [1.807, 2.05) is 13.0 Å². The Labute approximate surface area is 113 Å². The summed E-state index contributed by atoms with van der Waals surface area (Å²) in [7, 11) is 0. The molecule has 0 N–H and O–H groups in total. The molecular formula is C15H12F2OS. The lowest BCUT2D eigenvalue weighted by molar-refractivity contribution is 0.303. The molecule has 0 aliphatic carbocycles. The summed E-state index contributed by atoms with van der Waals surface area (Å²) in [6, 6.07) is 8.25. The third-order valence-electron chi connectivity index (χ3n) is 2.98.